The third-order valence-electron chi connectivity index (χ3n) is 6.36. The lowest BCUT2D eigenvalue weighted by molar-refractivity contribution is -0.155. The van der Waals surface area contributed by atoms with Crippen LogP contribution in [0.5, 0.6) is 0 Å². The molecule has 33 heavy (non-hydrogen) atoms. The van der Waals surface area contributed by atoms with Gasteiger partial charge in [0, 0.05) is 5.92 Å². The molecule has 3 unspecified atom stereocenters. The molecule has 1 saturated carbocycles. The monoisotopic (exact) mass is 472 g/mol. The average Bonchev–Trinajstić information content (AvgIpc) is 3.57. The third-order valence-corrected chi connectivity index (χ3v) is 8.12. The number of hydrogen-bond acceptors (Lipinski definition) is 8. The molecule has 0 spiro atoms. The Morgan fingerprint density at radius 3 is 2.70 bits per heavy atom. The molecule has 1 saturated heterocycles. The lowest BCUT2D eigenvalue weighted by atomic mass is 9.79. The van der Waals surface area contributed by atoms with Crippen molar-refractivity contribution in [2.45, 2.75) is 31.7 Å². The summed E-state index contributed by atoms with van der Waals surface area (Å²) in [6.07, 6.45) is 7.91. The number of hydrogen-bond donors (Lipinski definition) is 0. The van der Waals surface area contributed by atoms with E-state index in [4.69, 9.17) is 13.6 Å². The van der Waals surface area contributed by atoms with Crippen molar-refractivity contribution in [3.63, 3.8) is 0 Å². The van der Waals surface area contributed by atoms with Crippen LogP contribution >= 0.6 is 0 Å². The van der Waals surface area contributed by atoms with E-state index in [1.165, 1.54) is 5.01 Å². The van der Waals surface area contributed by atoms with E-state index in [1.54, 1.807) is 18.6 Å². The number of hydrazone groups is 1. The fourth-order valence-corrected chi connectivity index (χ4v) is 6.51. The minimum absolute atomic E-state index is 0.0342. The molecule has 2 aromatic rings. The van der Waals surface area contributed by atoms with E-state index in [1.807, 2.05) is 24.3 Å². The highest BCUT2D eigenvalue weighted by atomic mass is 32.2. The van der Waals surface area contributed by atoms with E-state index < -0.39 is 40.3 Å². The van der Waals surface area contributed by atoms with Gasteiger partial charge in [0.05, 0.1) is 35.7 Å². The van der Waals surface area contributed by atoms with Gasteiger partial charge >= 0.3 is 5.97 Å². The molecule has 2 aliphatic heterocycles. The predicted octanol–water partition coefficient (Wildman–Crippen LogP) is 2.97. The average molecular weight is 473 g/mol. The van der Waals surface area contributed by atoms with Crippen molar-refractivity contribution in [1.82, 2.24) is 5.01 Å². The molecule has 0 N–H and O–H groups in total. The topological polar surface area (TPSA) is 119 Å². The van der Waals surface area contributed by atoms with Gasteiger partial charge in [-0.15, -0.1) is 0 Å². The Morgan fingerprint density at radius 2 is 2.00 bits per heavy atom. The van der Waals surface area contributed by atoms with Crippen molar-refractivity contribution in [1.29, 1.82) is 0 Å². The van der Waals surface area contributed by atoms with Crippen molar-refractivity contribution < 1.29 is 31.6 Å². The molecule has 3 atom stereocenters. The summed E-state index contributed by atoms with van der Waals surface area (Å²) in [7, 11) is -3.22. The highest BCUT2D eigenvalue weighted by molar-refractivity contribution is 7.91. The Labute approximate surface area is 191 Å². The van der Waals surface area contributed by atoms with Gasteiger partial charge in [0.2, 0.25) is 0 Å². The number of carbonyl (C=O) groups is 2. The fourth-order valence-electron chi connectivity index (χ4n) is 4.79. The first kappa shape index (κ1) is 21.7. The van der Waals surface area contributed by atoms with Crippen LogP contribution in [0, 0.1) is 11.8 Å². The van der Waals surface area contributed by atoms with Gasteiger partial charge in [-0.25, -0.2) is 13.4 Å². The zero-order valence-corrected chi connectivity index (χ0v) is 18.7. The van der Waals surface area contributed by atoms with E-state index >= 15 is 0 Å². The maximum absolute atomic E-state index is 13.1. The quantitative estimate of drug-likeness (QED) is 0.614. The first-order valence-electron chi connectivity index (χ1n) is 11.0. The van der Waals surface area contributed by atoms with Gasteiger partial charge in [0.15, 0.2) is 16.4 Å². The molecule has 9 nitrogen and oxygen atoms in total. The van der Waals surface area contributed by atoms with Crippen LogP contribution in [0.1, 0.15) is 43.2 Å². The molecule has 2 fully saturated rings. The molecule has 4 heterocycles. The van der Waals surface area contributed by atoms with Crippen molar-refractivity contribution in [3.8, 4) is 0 Å². The Balaban J connectivity index is 1.36. The van der Waals surface area contributed by atoms with Gasteiger partial charge in [-0.1, -0.05) is 0 Å². The standard InChI is InChI=1S/C23H24N2O7S/c26-20(13-32-23(27)16-8-11-33(28,29)14-16)25-22(19-7-3-10-31-19)18-6-1-4-15(21(18)24-25)12-17-5-2-9-30-17/h2-3,5,7,9-10,12,16,18,22H,1,4,6,8,11,13-14H2/b15-12+. The normalized spacial score (nSPS) is 27.4. The molecule has 3 aliphatic rings. The third kappa shape index (κ3) is 4.39. The molecular formula is C23H24N2O7S. The van der Waals surface area contributed by atoms with Crippen molar-refractivity contribution in [2.75, 3.05) is 18.1 Å². The summed E-state index contributed by atoms with van der Waals surface area (Å²) in [6, 6.07) is 6.81. The first-order chi connectivity index (χ1) is 15.9. The number of sulfone groups is 1. The molecular weight excluding hydrogens is 448 g/mol. The zero-order valence-electron chi connectivity index (χ0n) is 17.9. The van der Waals surface area contributed by atoms with Crippen LogP contribution in [0.25, 0.3) is 6.08 Å². The smallest absolute Gasteiger partial charge is 0.310 e. The molecule has 5 rings (SSSR count). The summed E-state index contributed by atoms with van der Waals surface area (Å²) in [4.78, 5) is 25.4. The summed E-state index contributed by atoms with van der Waals surface area (Å²) in [6.45, 7) is -0.507. The van der Waals surface area contributed by atoms with E-state index in [-0.39, 0.29) is 23.8 Å². The molecule has 0 bridgehead atoms. The second-order valence-corrected chi connectivity index (χ2v) is 10.8. The van der Waals surface area contributed by atoms with E-state index in [2.05, 4.69) is 5.10 Å². The summed E-state index contributed by atoms with van der Waals surface area (Å²) >= 11 is 0. The Hall–Kier alpha value is -3.14. The van der Waals surface area contributed by atoms with Gasteiger partial charge < -0.3 is 13.6 Å². The van der Waals surface area contributed by atoms with Crippen LogP contribution in [0.4, 0.5) is 0 Å². The van der Waals surface area contributed by atoms with Crippen LogP contribution in [-0.4, -0.2) is 49.1 Å². The maximum atomic E-state index is 13.1. The number of carbonyl (C=O) groups excluding carboxylic acids is 2. The van der Waals surface area contributed by atoms with Crippen molar-refractivity contribution in [2.24, 2.45) is 16.9 Å². The predicted molar refractivity (Wildman–Crippen MR) is 117 cm³/mol. The number of ether oxygens (including phenoxy) is 1. The summed E-state index contributed by atoms with van der Waals surface area (Å²) in [5, 5.41) is 6.00. The van der Waals surface area contributed by atoms with E-state index in [0.717, 1.165) is 30.5 Å². The largest absolute Gasteiger partial charge is 0.467 e. The number of esters is 1. The SMILES string of the molecule is O=C(OCC(=O)N1N=C2/C(=C/c3ccco3)CCCC2C1c1ccco1)C1CCS(=O)(=O)C1. The van der Waals surface area contributed by atoms with Crippen molar-refractivity contribution in [3.05, 3.63) is 53.9 Å². The Morgan fingerprint density at radius 1 is 1.18 bits per heavy atom. The summed E-state index contributed by atoms with van der Waals surface area (Å²) < 4.78 is 39.6. The minimum atomic E-state index is -3.22. The number of allylic oxidation sites excluding steroid dienone is 1. The lowest BCUT2D eigenvalue weighted by Gasteiger charge is -2.27. The van der Waals surface area contributed by atoms with Gasteiger partial charge in [0.25, 0.3) is 5.91 Å². The number of nitrogens with zero attached hydrogens (tertiary/aromatic N) is 2. The molecule has 174 valence electrons. The number of fused-ring (bicyclic) bond motifs is 1. The second kappa shape index (κ2) is 8.66. The molecule has 10 heteroatoms. The Kier molecular flexibility index (Phi) is 5.69. The zero-order chi connectivity index (χ0) is 23.0. The minimum Gasteiger partial charge on any atom is -0.467 e. The van der Waals surface area contributed by atoms with E-state index in [0.29, 0.717) is 11.5 Å². The summed E-state index contributed by atoms with van der Waals surface area (Å²) in [5.41, 5.74) is 1.81. The van der Waals surface area contributed by atoms with Gasteiger partial charge in [0.1, 0.15) is 17.6 Å². The van der Waals surface area contributed by atoms with Crippen LogP contribution in [-0.2, 0) is 24.2 Å². The molecule has 1 amide bonds. The molecule has 1 aliphatic carbocycles. The van der Waals surface area contributed by atoms with Crippen LogP contribution < -0.4 is 0 Å². The molecule has 2 aromatic heterocycles. The highest BCUT2D eigenvalue weighted by Crippen LogP contribution is 2.44. The second-order valence-electron chi connectivity index (χ2n) is 8.58. The van der Waals surface area contributed by atoms with E-state index in [9.17, 15) is 18.0 Å². The van der Waals surface area contributed by atoms with Crippen LogP contribution in [0.15, 0.2) is 56.3 Å². The number of rotatable bonds is 5. The van der Waals surface area contributed by atoms with Gasteiger partial charge in [-0.2, -0.15) is 5.10 Å². The maximum Gasteiger partial charge on any atom is 0.310 e. The molecule has 0 aromatic carbocycles. The fraction of sp³-hybridized carbons (Fsp3) is 0.435. The first-order valence-corrected chi connectivity index (χ1v) is 12.8. The number of amides is 1. The van der Waals surface area contributed by atoms with Crippen LogP contribution in [0.2, 0.25) is 0 Å². The van der Waals surface area contributed by atoms with Gasteiger partial charge in [-0.05, 0) is 61.6 Å². The summed E-state index contributed by atoms with van der Waals surface area (Å²) in [5.74, 6) is -0.860. The van der Waals surface area contributed by atoms with Crippen molar-refractivity contribution >= 4 is 33.5 Å². The number of furan rings is 2. The van der Waals surface area contributed by atoms with Crippen LogP contribution in [0.3, 0.4) is 0 Å². The highest BCUT2D eigenvalue weighted by Gasteiger charge is 2.45. The molecule has 0 radical (unpaired) electrons. The Bertz CT molecular complexity index is 1200. The lowest BCUT2D eigenvalue weighted by Crippen LogP contribution is -2.35. The van der Waals surface area contributed by atoms with Gasteiger partial charge in [-0.3, -0.25) is 9.59 Å².